The van der Waals surface area contributed by atoms with Crippen molar-refractivity contribution in [3.05, 3.63) is 211 Å². The molecule has 0 saturated heterocycles. The molecule has 2 nitrogen and oxygen atoms in total. The first-order valence-corrected chi connectivity index (χ1v) is 20.7. The first-order chi connectivity index (χ1) is 28.7. The number of hydrogen-bond donors (Lipinski definition) is 0. The van der Waals surface area contributed by atoms with Crippen LogP contribution in [0.25, 0.3) is 86.6 Å². The third-order valence-electron chi connectivity index (χ3n) is 11.9. The molecule has 272 valence electrons. The van der Waals surface area contributed by atoms with Gasteiger partial charge < -0.3 is 9.32 Å². The average Bonchev–Trinajstić information content (AvgIpc) is 3.98. The van der Waals surface area contributed by atoms with E-state index >= 15 is 0 Å². The van der Waals surface area contributed by atoms with Crippen LogP contribution in [0.1, 0.15) is 11.1 Å². The fraction of sp³-hybridized carbons (Fsp3) is 0.0182. The number of furan rings is 1. The van der Waals surface area contributed by atoms with Gasteiger partial charge >= 0.3 is 0 Å². The summed E-state index contributed by atoms with van der Waals surface area (Å²) in [4.78, 5) is 2.46. The molecule has 58 heavy (non-hydrogen) atoms. The molecule has 1 aliphatic rings. The lowest BCUT2D eigenvalue weighted by Crippen LogP contribution is -2.10. The van der Waals surface area contributed by atoms with Gasteiger partial charge in [-0.3, -0.25) is 0 Å². The molecule has 0 saturated carbocycles. The van der Waals surface area contributed by atoms with Gasteiger partial charge in [0.2, 0.25) is 0 Å². The Kier molecular flexibility index (Phi) is 7.51. The molecule has 0 unspecified atom stereocenters. The van der Waals surface area contributed by atoms with Crippen LogP contribution < -0.4 is 4.90 Å². The molecule has 0 radical (unpaired) electrons. The summed E-state index contributed by atoms with van der Waals surface area (Å²) in [5.41, 5.74) is 18.0. The average molecular weight is 758 g/mol. The lowest BCUT2D eigenvalue weighted by Gasteiger charge is -2.27. The molecule has 2 heterocycles. The maximum absolute atomic E-state index is 6.09. The van der Waals surface area contributed by atoms with Crippen LogP contribution in [-0.2, 0) is 6.42 Å². The standard InChI is InChI=1S/C55H35NOS/c1-2-10-38(11-3-1)46-15-8-16-48-49-17-9-18-51(55(49)58-54(46)48)56(43-29-30-45-41(33-43)32-40-12-4-5-13-44(40)45)42-27-24-36(25-28-42)35-20-22-37(23-21-35)39-26-31-53-50(34-39)47-14-6-7-19-52(47)57-53/h1-31,33-34H,32H2. The van der Waals surface area contributed by atoms with Crippen LogP contribution in [0.5, 0.6) is 0 Å². The summed E-state index contributed by atoms with van der Waals surface area (Å²) < 4.78 is 8.69. The zero-order valence-electron chi connectivity index (χ0n) is 31.5. The Hall–Kier alpha value is -7.20. The van der Waals surface area contributed by atoms with Crippen LogP contribution in [0.15, 0.2) is 205 Å². The fourth-order valence-corrected chi connectivity index (χ4v) is 10.4. The van der Waals surface area contributed by atoms with E-state index < -0.39 is 0 Å². The van der Waals surface area contributed by atoms with Crippen molar-refractivity contribution in [2.24, 2.45) is 0 Å². The van der Waals surface area contributed by atoms with Gasteiger partial charge in [0.25, 0.3) is 0 Å². The van der Waals surface area contributed by atoms with Crippen molar-refractivity contribution in [1.29, 1.82) is 0 Å². The number of para-hydroxylation sites is 1. The van der Waals surface area contributed by atoms with Gasteiger partial charge in [0, 0.05) is 37.6 Å². The van der Waals surface area contributed by atoms with Crippen molar-refractivity contribution >= 4 is 70.5 Å². The van der Waals surface area contributed by atoms with Crippen LogP contribution in [-0.4, -0.2) is 0 Å². The number of thiophene rings is 1. The minimum atomic E-state index is 0.918. The number of fused-ring (bicyclic) bond motifs is 9. The van der Waals surface area contributed by atoms with Gasteiger partial charge in [0.15, 0.2) is 0 Å². The van der Waals surface area contributed by atoms with E-state index in [9.17, 15) is 0 Å². The van der Waals surface area contributed by atoms with Crippen LogP contribution in [0.2, 0.25) is 0 Å². The summed E-state index contributed by atoms with van der Waals surface area (Å²) in [6.07, 6.45) is 0.947. The van der Waals surface area contributed by atoms with E-state index in [-0.39, 0.29) is 0 Å². The molecule has 9 aromatic carbocycles. The Balaban J connectivity index is 0.948. The third kappa shape index (κ3) is 5.32. The monoisotopic (exact) mass is 757 g/mol. The number of nitrogens with zero attached hydrogens (tertiary/aromatic N) is 1. The second-order valence-corrected chi connectivity index (χ2v) is 16.3. The predicted molar refractivity (Wildman–Crippen MR) is 246 cm³/mol. The first-order valence-electron chi connectivity index (χ1n) is 19.9. The first kappa shape index (κ1) is 33.0. The third-order valence-corrected chi connectivity index (χ3v) is 13.2. The van der Waals surface area contributed by atoms with Gasteiger partial charge in [-0.2, -0.15) is 0 Å². The van der Waals surface area contributed by atoms with Gasteiger partial charge in [0.1, 0.15) is 11.2 Å². The fourth-order valence-electron chi connectivity index (χ4n) is 9.09. The number of benzene rings is 9. The maximum Gasteiger partial charge on any atom is 0.135 e. The lowest BCUT2D eigenvalue weighted by atomic mass is 9.98. The van der Waals surface area contributed by atoms with E-state index in [1.54, 1.807) is 0 Å². The Bertz CT molecular complexity index is 3360. The Morgan fingerprint density at radius 1 is 0.362 bits per heavy atom. The zero-order chi connectivity index (χ0) is 38.2. The summed E-state index contributed by atoms with van der Waals surface area (Å²) >= 11 is 1.90. The van der Waals surface area contributed by atoms with Gasteiger partial charge in [-0.15, -0.1) is 11.3 Å². The minimum absolute atomic E-state index is 0.918. The highest BCUT2D eigenvalue weighted by molar-refractivity contribution is 7.27. The second kappa shape index (κ2) is 13.2. The highest BCUT2D eigenvalue weighted by Gasteiger charge is 2.23. The van der Waals surface area contributed by atoms with E-state index in [0.717, 1.165) is 34.0 Å². The summed E-state index contributed by atoms with van der Waals surface area (Å²) in [5.74, 6) is 0. The smallest absolute Gasteiger partial charge is 0.135 e. The molecule has 0 amide bonds. The van der Waals surface area contributed by atoms with Crippen molar-refractivity contribution in [3.63, 3.8) is 0 Å². The van der Waals surface area contributed by atoms with Crippen molar-refractivity contribution in [3.8, 4) is 44.5 Å². The number of anilines is 3. The SMILES string of the molecule is c1ccc(-c2cccc3c2sc2c(N(c4ccc(-c5ccc(-c6ccc7oc8ccccc8c7c6)cc5)cc4)c4ccc5c(c4)Cc4ccccc4-5)cccc23)cc1. The quantitative estimate of drug-likeness (QED) is 0.168. The van der Waals surface area contributed by atoms with E-state index in [4.69, 9.17) is 4.42 Å². The van der Waals surface area contributed by atoms with Crippen molar-refractivity contribution < 1.29 is 4.42 Å². The van der Waals surface area contributed by atoms with Gasteiger partial charge in [-0.05, 0) is 111 Å². The number of rotatable bonds is 6. The van der Waals surface area contributed by atoms with E-state index in [1.807, 2.05) is 23.5 Å². The van der Waals surface area contributed by atoms with Gasteiger partial charge in [-0.1, -0.05) is 152 Å². The van der Waals surface area contributed by atoms with E-state index in [2.05, 4.69) is 193 Å². The summed E-state index contributed by atoms with van der Waals surface area (Å²) in [6, 6.07) is 72.9. The molecule has 0 bridgehead atoms. The largest absolute Gasteiger partial charge is 0.456 e. The molecule has 1 aliphatic carbocycles. The van der Waals surface area contributed by atoms with Crippen molar-refractivity contribution in [1.82, 2.24) is 0 Å². The summed E-state index contributed by atoms with van der Waals surface area (Å²) in [5, 5.41) is 4.87. The molecule has 0 spiro atoms. The zero-order valence-corrected chi connectivity index (χ0v) is 32.3. The normalized spacial score (nSPS) is 12.1. The topological polar surface area (TPSA) is 16.4 Å². The predicted octanol–water partition coefficient (Wildman–Crippen LogP) is 16.0. The Morgan fingerprint density at radius 3 is 1.81 bits per heavy atom. The van der Waals surface area contributed by atoms with Crippen LogP contribution >= 0.6 is 11.3 Å². The van der Waals surface area contributed by atoms with Gasteiger partial charge in [-0.25, -0.2) is 0 Å². The van der Waals surface area contributed by atoms with Crippen molar-refractivity contribution in [2.45, 2.75) is 6.42 Å². The highest BCUT2D eigenvalue weighted by atomic mass is 32.1. The van der Waals surface area contributed by atoms with E-state index in [1.165, 1.54) is 87.2 Å². The molecule has 2 aromatic heterocycles. The highest BCUT2D eigenvalue weighted by Crippen LogP contribution is 2.48. The minimum Gasteiger partial charge on any atom is -0.456 e. The maximum atomic E-state index is 6.09. The molecule has 0 aliphatic heterocycles. The van der Waals surface area contributed by atoms with Crippen LogP contribution in [0.4, 0.5) is 17.1 Å². The summed E-state index contributed by atoms with van der Waals surface area (Å²) in [7, 11) is 0. The Labute approximate surface area is 340 Å². The Morgan fingerprint density at radius 2 is 0.966 bits per heavy atom. The molecule has 3 heteroatoms. The molecule has 0 atom stereocenters. The molecule has 12 rings (SSSR count). The second-order valence-electron chi connectivity index (χ2n) is 15.2. The lowest BCUT2D eigenvalue weighted by molar-refractivity contribution is 0.669. The summed E-state index contributed by atoms with van der Waals surface area (Å²) in [6.45, 7) is 0. The molecule has 11 aromatic rings. The molecule has 0 fully saturated rings. The van der Waals surface area contributed by atoms with Gasteiger partial charge in [0.05, 0.1) is 10.4 Å². The number of hydrogen-bond acceptors (Lipinski definition) is 3. The van der Waals surface area contributed by atoms with E-state index in [0.29, 0.717) is 0 Å². The molecule has 0 N–H and O–H groups in total. The molecular formula is C55H35NOS. The molecular weight excluding hydrogens is 723 g/mol. The van der Waals surface area contributed by atoms with Crippen LogP contribution in [0.3, 0.4) is 0 Å². The van der Waals surface area contributed by atoms with Crippen molar-refractivity contribution in [2.75, 3.05) is 4.90 Å². The van der Waals surface area contributed by atoms with Crippen LogP contribution in [0, 0.1) is 0 Å².